The monoisotopic (exact) mass is 348 g/mol. The molecule has 2 N–H and O–H groups in total. The van der Waals surface area contributed by atoms with Crippen molar-refractivity contribution in [3.8, 4) is 11.4 Å². The highest BCUT2D eigenvalue weighted by atomic mass is 16.6. The molecule has 0 spiro atoms. The molecule has 0 saturated heterocycles. The second kappa shape index (κ2) is 8.68. The van der Waals surface area contributed by atoms with E-state index >= 15 is 0 Å². The predicted octanol–water partition coefficient (Wildman–Crippen LogP) is 3.09. The molecule has 0 radical (unpaired) electrons. The van der Waals surface area contributed by atoms with E-state index in [9.17, 15) is 15.2 Å². The van der Waals surface area contributed by atoms with Gasteiger partial charge in [-0.15, -0.1) is 0 Å². The number of hydrogen-bond acceptors (Lipinski definition) is 7. The van der Waals surface area contributed by atoms with Gasteiger partial charge >= 0.3 is 0 Å². The van der Waals surface area contributed by atoms with E-state index in [1.165, 1.54) is 12.1 Å². The molecule has 0 aliphatic heterocycles. The van der Waals surface area contributed by atoms with Crippen molar-refractivity contribution in [2.24, 2.45) is 5.92 Å². The van der Waals surface area contributed by atoms with Gasteiger partial charge in [0.05, 0.1) is 17.1 Å². The highest BCUT2D eigenvalue weighted by Crippen LogP contribution is 2.25. The minimum atomic E-state index is -0.460. The molecule has 2 atom stereocenters. The Morgan fingerprint density at radius 1 is 1.40 bits per heavy atom. The Bertz CT molecular complexity index is 701. The van der Waals surface area contributed by atoms with Crippen LogP contribution < -0.4 is 5.32 Å². The molecule has 8 heteroatoms. The van der Waals surface area contributed by atoms with E-state index in [0.29, 0.717) is 23.8 Å². The van der Waals surface area contributed by atoms with Crippen LogP contribution in [0.2, 0.25) is 0 Å². The molecule has 8 nitrogen and oxygen atoms in total. The zero-order valence-electron chi connectivity index (χ0n) is 14.7. The fourth-order valence-corrected chi connectivity index (χ4v) is 2.54. The Labute approximate surface area is 146 Å². The number of nitro groups is 1. The van der Waals surface area contributed by atoms with Gasteiger partial charge in [0.1, 0.15) is 0 Å². The summed E-state index contributed by atoms with van der Waals surface area (Å²) >= 11 is 0. The van der Waals surface area contributed by atoms with Crippen molar-refractivity contribution >= 4 is 5.69 Å². The molecular weight excluding hydrogens is 324 g/mol. The molecule has 1 aromatic carbocycles. The summed E-state index contributed by atoms with van der Waals surface area (Å²) < 4.78 is 5.36. The summed E-state index contributed by atoms with van der Waals surface area (Å²) in [6, 6.07) is 5.91. The number of nitrogens with one attached hydrogen (secondary N) is 1. The molecule has 25 heavy (non-hydrogen) atoms. The summed E-state index contributed by atoms with van der Waals surface area (Å²) in [5.41, 5.74) is 0.503. The fourth-order valence-electron chi connectivity index (χ4n) is 2.54. The number of benzene rings is 1. The molecule has 1 heterocycles. The summed E-state index contributed by atoms with van der Waals surface area (Å²) in [5, 5.41) is 28.0. The normalized spacial score (nSPS) is 13.8. The number of aromatic nitrogens is 2. The minimum Gasteiger partial charge on any atom is -0.392 e. The van der Waals surface area contributed by atoms with E-state index in [-0.39, 0.29) is 17.6 Å². The second-order valence-electron chi connectivity index (χ2n) is 6.34. The minimum absolute atomic E-state index is 0.0231. The summed E-state index contributed by atoms with van der Waals surface area (Å²) in [5.74, 6) is 0.882. The standard InChI is InChI=1S/C17H24N4O4/c1-4-6-14(22)10-18-15(11(2)3)17-19-16(20-25-17)12-7-5-8-13(9-12)21(23)24/h5,7-9,11,14-15,18,22H,4,6,10H2,1-3H3/t14-,15-/m1/s1. The van der Waals surface area contributed by atoms with Gasteiger partial charge < -0.3 is 14.9 Å². The van der Waals surface area contributed by atoms with Crippen LogP contribution >= 0.6 is 0 Å². The Kier molecular flexibility index (Phi) is 6.60. The van der Waals surface area contributed by atoms with Gasteiger partial charge in [0.15, 0.2) is 0 Å². The third-order valence-corrected chi connectivity index (χ3v) is 3.88. The molecule has 0 amide bonds. The molecular formula is C17H24N4O4. The third kappa shape index (κ3) is 5.07. The largest absolute Gasteiger partial charge is 0.392 e. The van der Waals surface area contributed by atoms with Crippen molar-refractivity contribution in [1.29, 1.82) is 0 Å². The van der Waals surface area contributed by atoms with Crippen molar-refractivity contribution in [2.75, 3.05) is 6.54 Å². The quantitative estimate of drug-likeness (QED) is 0.528. The summed E-state index contributed by atoms with van der Waals surface area (Å²) in [7, 11) is 0. The van der Waals surface area contributed by atoms with Crippen LogP contribution in [0.1, 0.15) is 45.5 Å². The maximum absolute atomic E-state index is 10.9. The number of hydrogen-bond donors (Lipinski definition) is 2. The van der Waals surface area contributed by atoms with Crippen LogP contribution in [0.3, 0.4) is 0 Å². The van der Waals surface area contributed by atoms with E-state index in [4.69, 9.17) is 4.52 Å². The third-order valence-electron chi connectivity index (χ3n) is 3.88. The molecule has 2 aromatic rings. The number of nitro benzene ring substituents is 1. The first-order valence-electron chi connectivity index (χ1n) is 8.42. The zero-order valence-corrected chi connectivity index (χ0v) is 14.7. The molecule has 136 valence electrons. The van der Waals surface area contributed by atoms with E-state index < -0.39 is 11.0 Å². The van der Waals surface area contributed by atoms with Crippen LogP contribution in [-0.2, 0) is 0 Å². The Balaban J connectivity index is 2.16. The van der Waals surface area contributed by atoms with Gasteiger partial charge in [-0.1, -0.05) is 44.5 Å². The highest BCUT2D eigenvalue weighted by molar-refractivity contribution is 5.58. The molecule has 0 unspecified atom stereocenters. The molecule has 0 aliphatic rings. The smallest absolute Gasteiger partial charge is 0.270 e. The fraction of sp³-hybridized carbons (Fsp3) is 0.529. The van der Waals surface area contributed by atoms with E-state index in [1.807, 2.05) is 20.8 Å². The number of aliphatic hydroxyl groups excluding tert-OH is 1. The van der Waals surface area contributed by atoms with Crippen LogP contribution in [0.5, 0.6) is 0 Å². The lowest BCUT2D eigenvalue weighted by Gasteiger charge is -2.20. The summed E-state index contributed by atoms with van der Waals surface area (Å²) in [6.45, 7) is 6.49. The Hall–Kier alpha value is -2.32. The second-order valence-corrected chi connectivity index (χ2v) is 6.34. The molecule has 0 bridgehead atoms. The summed E-state index contributed by atoms with van der Waals surface area (Å²) in [6.07, 6.45) is 1.21. The van der Waals surface area contributed by atoms with Crippen molar-refractivity contribution < 1.29 is 14.6 Å². The topological polar surface area (TPSA) is 114 Å². The SMILES string of the molecule is CCC[C@@H](O)CN[C@@H](c1nc(-c2cccc([N+](=O)[O-])c2)no1)C(C)C. The van der Waals surface area contributed by atoms with Crippen molar-refractivity contribution in [2.45, 2.75) is 45.8 Å². The molecule has 0 fully saturated rings. The van der Waals surface area contributed by atoms with Gasteiger partial charge in [0, 0.05) is 24.2 Å². The van der Waals surface area contributed by atoms with Crippen LogP contribution in [-0.4, -0.2) is 32.8 Å². The van der Waals surface area contributed by atoms with Crippen LogP contribution in [0.25, 0.3) is 11.4 Å². The Morgan fingerprint density at radius 2 is 2.16 bits per heavy atom. The average molecular weight is 348 g/mol. The van der Waals surface area contributed by atoms with Gasteiger partial charge in [-0.25, -0.2) is 0 Å². The Morgan fingerprint density at radius 3 is 2.80 bits per heavy atom. The lowest BCUT2D eigenvalue weighted by atomic mass is 10.0. The zero-order chi connectivity index (χ0) is 18.4. The first-order chi connectivity index (χ1) is 11.9. The van der Waals surface area contributed by atoms with Crippen molar-refractivity contribution in [1.82, 2.24) is 15.5 Å². The number of rotatable bonds is 9. The number of non-ortho nitro benzene ring substituents is 1. The van der Waals surface area contributed by atoms with Crippen LogP contribution in [0, 0.1) is 16.0 Å². The van der Waals surface area contributed by atoms with E-state index in [0.717, 1.165) is 12.8 Å². The van der Waals surface area contributed by atoms with Gasteiger partial charge in [-0.3, -0.25) is 10.1 Å². The average Bonchev–Trinajstić information content (AvgIpc) is 3.05. The maximum atomic E-state index is 10.9. The lowest BCUT2D eigenvalue weighted by Crippen LogP contribution is -2.33. The highest BCUT2D eigenvalue weighted by Gasteiger charge is 2.23. The lowest BCUT2D eigenvalue weighted by molar-refractivity contribution is -0.384. The van der Waals surface area contributed by atoms with E-state index in [1.54, 1.807) is 12.1 Å². The van der Waals surface area contributed by atoms with Gasteiger partial charge in [0.2, 0.25) is 11.7 Å². The molecule has 1 aromatic heterocycles. The van der Waals surface area contributed by atoms with Gasteiger partial charge in [-0.2, -0.15) is 4.98 Å². The number of nitrogens with zero attached hydrogens (tertiary/aromatic N) is 3. The predicted molar refractivity (Wildman–Crippen MR) is 92.9 cm³/mol. The first-order valence-corrected chi connectivity index (χ1v) is 8.42. The molecule has 0 saturated carbocycles. The van der Waals surface area contributed by atoms with Gasteiger partial charge in [0.25, 0.3) is 5.69 Å². The summed E-state index contributed by atoms with van der Waals surface area (Å²) in [4.78, 5) is 14.8. The molecule has 0 aliphatic carbocycles. The van der Waals surface area contributed by atoms with Crippen molar-refractivity contribution in [3.63, 3.8) is 0 Å². The van der Waals surface area contributed by atoms with E-state index in [2.05, 4.69) is 15.5 Å². The van der Waals surface area contributed by atoms with Gasteiger partial charge in [-0.05, 0) is 12.3 Å². The first kappa shape index (κ1) is 19.0. The van der Waals surface area contributed by atoms with Crippen LogP contribution in [0.4, 0.5) is 5.69 Å². The number of aliphatic hydroxyl groups is 1. The maximum Gasteiger partial charge on any atom is 0.270 e. The molecule has 2 rings (SSSR count). The van der Waals surface area contributed by atoms with Crippen LogP contribution in [0.15, 0.2) is 28.8 Å². The van der Waals surface area contributed by atoms with Crippen molar-refractivity contribution in [3.05, 3.63) is 40.3 Å².